The number of primary amides is 1. The zero-order chi connectivity index (χ0) is 10.1. The standard InChI is InChI=1S/C7H7ClN2O3/c8-7(10(12)13)3-1-5(2-4-7)6(9)11/h1-3H,4H2,(H2,9,11). The topological polar surface area (TPSA) is 86.2 Å². The largest absolute Gasteiger partial charge is 0.366 e. The van der Waals surface area contributed by atoms with Crippen molar-refractivity contribution in [2.45, 2.75) is 11.4 Å². The van der Waals surface area contributed by atoms with Crippen molar-refractivity contribution in [3.05, 3.63) is 33.9 Å². The van der Waals surface area contributed by atoms with E-state index in [1.165, 1.54) is 12.2 Å². The van der Waals surface area contributed by atoms with Gasteiger partial charge < -0.3 is 5.73 Å². The van der Waals surface area contributed by atoms with E-state index in [0.717, 1.165) is 6.08 Å². The first kappa shape index (κ1) is 9.73. The minimum atomic E-state index is -1.63. The van der Waals surface area contributed by atoms with E-state index in [-0.39, 0.29) is 12.0 Å². The fraction of sp³-hybridized carbons (Fsp3) is 0.286. The van der Waals surface area contributed by atoms with Crippen LogP contribution in [0.3, 0.4) is 0 Å². The zero-order valence-electron chi connectivity index (χ0n) is 6.57. The lowest BCUT2D eigenvalue weighted by Crippen LogP contribution is -2.31. The third-order valence-electron chi connectivity index (χ3n) is 1.71. The molecule has 0 aromatic rings. The van der Waals surface area contributed by atoms with Gasteiger partial charge in [0.25, 0.3) is 0 Å². The average Bonchev–Trinajstić information content (AvgIpc) is 2.04. The number of carbonyl (C=O) groups excluding carboxylic acids is 1. The van der Waals surface area contributed by atoms with Crippen LogP contribution in [0.4, 0.5) is 0 Å². The van der Waals surface area contributed by atoms with E-state index < -0.39 is 15.8 Å². The molecule has 0 heterocycles. The van der Waals surface area contributed by atoms with Crippen molar-refractivity contribution < 1.29 is 9.72 Å². The van der Waals surface area contributed by atoms with Gasteiger partial charge in [-0.05, 0) is 17.7 Å². The molecule has 0 radical (unpaired) electrons. The quantitative estimate of drug-likeness (QED) is 0.307. The molecular weight excluding hydrogens is 196 g/mol. The van der Waals surface area contributed by atoms with Gasteiger partial charge in [-0.15, -0.1) is 0 Å². The summed E-state index contributed by atoms with van der Waals surface area (Å²) in [6, 6.07) is 0. The van der Waals surface area contributed by atoms with Crippen LogP contribution in [0.1, 0.15) is 6.42 Å². The summed E-state index contributed by atoms with van der Waals surface area (Å²) in [7, 11) is 0. The Balaban J connectivity index is 2.85. The first-order valence-electron chi connectivity index (χ1n) is 3.48. The molecule has 0 aromatic carbocycles. The monoisotopic (exact) mass is 202 g/mol. The summed E-state index contributed by atoms with van der Waals surface area (Å²) >= 11 is 5.60. The van der Waals surface area contributed by atoms with E-state index in [2.05, 4.69) is 0 Å². The Labute approximate surface area is 79.0 Å². The molecule has 1 unspecified atom stereocenters. The van der Waals surface area contributed by atoms with Gasteiger partial charge in [0, 0.05) is 16.6 Å². The molecule has 1 amide bonds. The Hall–Kier alpha value is -1.36. The van der Waals surface area contributed by atoms with Crippen LogP contribution in [0.5, 0.6) is 0 Å². The molecule has 0 aromatic heterocycles. The predicted molar refractivity (Wildman–Crippen MR) is 46.6 cm³/mol. The number of rotatable bonds is 2. The first-order valence-corrected chi connectivity index (χ1v) is 3.86. The third kappa shape index (κ3) is 1.86. The van der Waals surface area contributed by atoms with Crippen LogP contribution in [0, 0.1) is 10.1 Å². The maximum atomic E-state index is 10.6. The lowest BCUT2D eigenvalue weighted by Gasteiger charge is -2.15. The van der Waals surface area contributed by atoms with Crippen molar-refractivity contribution in [3.63, 3.8) is 0 Å². The van der Waals surface area contributed by atoms with Crippen molar-refractivity contribution in [2.24, 2.45) is 5.73 Å². The van der Waals surface area contributed by atoms with Crippen LogP contribution < -0.4 is 5.73 Å². The molecule has 70 valence electrons. The molecule has 1 atom stereocenters. The Morgan fingerprint density at radius 3 is 2.69 bits per heavy atom. The summed E-state index contributed by atoms with van der Waals surface area (Å²) in [6.45, 7) is 0. The minimum Gasteiger partial charge on any atom is -0.366 e. The summed E-state index contributed by atoms with van der Waals surface area (Å²) in [6.07, 6.45) is 3.75. The Bertz CT molecular complexity index is 324. The lowest BCUT2D eigenvalue weighted by atomic mass is 10.0. The van der Waals surface area contributed by atoms with Crippen molar-refractivity contribution in [1.29, 1.82) is 0 Å². The molecule has 0 saturated carbocycles. The van der Waals surface area contributed by atoms with E-state index in [4.69, 9.17) is 17.3 Å². The number of carbonyl (C=O) groups is 1. The molecule has 1 aliphatic carbocycles. The normalized spacial score (nSPS) is 26.7. The molecule has 1 rings (SSSR count). The molecule has 0 aliphatic heterocycles. The summed E-state index contributed by atoms with van der Waals surface area (Å²) in [5.41, 5.74) is 5.21. The van der Waals surface area contributed by atoms with E-state index in [1.54, 1.807) is 0 Å². The number of nitrogens with two attached hydrogens (primary N) is 1. The highest BCUT2D eigenvalue weighted by Gasteiger charge is 2.38. The van der Waals surface area contributed by atoms with Crippen LogP contribution in [-0.2, 0) is 4.79 Å². The smallest absolute Gasteiger partial charge is 0.317 e. The summed E-state index contributed by atoms with van der Waals surface area (Å²) < 4.78 is 0. The second-order valence-corrected chi connectivity index (χ2v) is 3.29. The zero-order valence-corrected chi connectivity index (χ0v) is 7.32. The highest BCUT2D eigenvalue weighted by molar-refractivity contribution is 6.24. The highest BCUT2D eigenvalue weighted by Crippen LogP contribution is 2.27. The molecule has 13 heavy (non-hydrogen) atoms. The summed E-state index contributed by atoms with van der Waals surface area (Å²) in [5.74, 6) is -0.613. The van der Waals surface area contributed by atoms with Crippen molar-refractivity contribution >= 4 is 17.5 Å². The van der Waals surface area contributed by atoms with Crippen molar-refractivity contribution in [2.75, 3.05) is 0 Å². The SMILES string of the molecule is NC(=O)C1=CCC(Cl)([N+](=O)[O-])C=C1. The van der Waals surface area contributed by atoms with Crippen LogP contribution >= 0.6 is 11.6 Å². The number of hydrogen-bond donors (Lipinski definition) is 1. The van der Waals surface area contributed by atoms with Crippen molar-refractivity contribution in [1.82, 2.24) is 0 Å². The van der Waals surface area contributed by atoms with Gasteiger partial charge in [-0.3, -0.25) is 14.9 Å². The van der Waals surface area contributed by atoms with Gasteiger partial charge in [0.05, 0.1) is 6.42 Å². The number of amides is 1. The number of alkyl halides is 1. The van der Waals surface area contributed by atoms with Gasteiger partial charge in [-0.2, -0.15) is 0 Å². The van der Waals surface area contributed by atoms with Crippen LogP contribution in [-0.4, -0.2) is 15.8 Å². The van der Waals surface area contributed by atoms with Gasteiger partial charge >= 0.3 is 5.00 Å². The Morgan fingerprint density at radius 1 is 1.77 bits per heavy atom. The fourth-order valence-electron chi connectivity index (χ4n) is 0.925. The maximum absolute atomic E-state index is 10.6. The number of hydrogen-bond acceptors (Lipinski definition) is 3. The fourth-order valence-corrected chi connectivity index (χ4v) is 1.06. The lowest BCUT2D eigenvalue weighted by molar-refractivity contribution is -0.527. The van der Waals surface area contributed by atoms with Crippen LogP contribution in [0.15, 0.2) is 23.8 Å². The molecular formula is C7H7ClN2O3. The second-order valence-electron chi connectivity index (χ2n) is 2.64. The van der Waals surface area contributed by atoms with Gasteiger partial charge in [0.15, 0.2) is 0 Å². The molecule has 0 bridgehead atoms. The summed E-state index contributed by atoms with van der Waals surface area (Å²) in [5, 5.41) is 10.4. The third-order valence-corrected chi connectivity index (χ3v) is 2.13. The number of halogens is 1. The van der Waals surface area contributed by atoms with E-state index in [0.29, 0.717) is 0 Å². The molecule has 6 heteroatoms. The second kappa shape index (κ2) is 3.18. The number of nitro groups is 1. The molecule has 0 saturated heterocycles. The van der Waals surface area contributed by atoms with E-state index >= 15 is 0 Å². The molecule has 1 aliphatic rings. The minimum absolute atomic E-state index is 0.0314. The van der Waals surface area contributed by atoms with Gasteiger partial charge in [0.1, 0.15) is 0 Å². The molecule has 0 spiro atoms. The van der Waals surface area contributed by atoms with Gasteiger partial charge in [0.2, 0.25) is 5.91 Å². The van der Waals surface area contributed by atoms with Gasteiger partial charge in [-0.25, -0.2) is 0 Å². The van der Waals surface area contributed by atoms with Crippen LogP contribution in [0.2, 0.25) is 0 Å². The van der Waals surface area contributed by atoms with E-state index in [1.807, 2.05) is 0 Å². The summed E-state index contributed by atoms with van der Waals surface area (Å²) in [4.78, 5) is 18.8. The first-order chi connectivity index (χ1) is 5.96. The van der Waals surface area contributed by atoms with Crippen molar-refractivity contribution in [3.8, 4) is 0 Å². The predicted octanol–water partition coefficient (Wildman–Crippen LogP) is 0.570. The molecule has 5 nitrogen and oxygen atoms in total. The Kier molecular flexibility index (Phi) is 2.38. The van der Waals surface area contributed by atoms with E-state index in [9.17, 15) is 14.9 Å². The molecule has 0 fully saturated rings. The van der Waals surface area contributed by atoms with Crippen LogP contribution in [0.25, 0.3) is 0 Å². The average molecular weight is 203 g/mol. The molecule has 2 N–H and O–H groups in total. The highest BCUT2D eigenvalue weighted by atomic mass is 35.5. The Morgan fingerprint density at radius 2 is 2.38 bits per heavy atom. The maximum Gasteiger partial charge on any atom is 0.317 e. The number of nitrogens with zero attached hydrogens (tertiary/aromatic N) is 1. The van der Waals surface area contributed by atoms with Gasteiger partial charge in [-0.1, -0.05) is 6.08 Å².